The number of hydrogen-bond acceptors (Lipinski definition) is 7. The number of nitrogens with zero attached hydrogens (tertiary/aromatic N) is 1. The third-order valence-electron chi connectivity index (χ3n) is 5.21. The Balaban J connectivity index is 3.54. The molecule has 35 heavy (non-hydrogen) atoms. The minimum Gasteiger partial charge on any atom is -0.468 e. The average Bonchev–Trinajstić information content (AvgIpc) is 2.73. The summed E-state index contributed by atoms with van der Waals surface area (Å²) in [6.45, 7) is 12.8. The maximum absolute atomic E-state index is 13.8. The maximum atomic E-state index is 13.8. The number of aliphatic hydroxyl groups excluding tert-OH is 1. The fraction of sp³-hybridized carbons (Fsp3) is 0.600. The monoisotopic (exact) mass is 493 g/mol. The fourth-order valence-electron chi connectivity index (χ4n) is 3.44. The number of benzene rings is 1. The Kier molecular flexibility index (Phi) is 10.3. The molecule has 196 valence electrons. The van der Waals surface area contributed by atoms with Crippen molar-refractivity contribution in [3.05, 3.63) is 34.9 Å². The van der Waals surface area contributed by atoms with E-state index in [4.69, 9.17) is 4.74 Å². The van der Waals surface area contributed by atoms with Crippen LogP contribution in [-0.2, 0) is 23.9 Å². The van der Waals surface area contributed by atoms with Gasteiger partial charge in [-0.05, 0) is 72.1 Å². The van der Waals surface area contributed by atoms with Gasteiger partial charge in [-0.1, -0.05) is 18.2 Å². The lowest BCUT2D eigenvalue weighted by Crippen LogP contribution is -2.59. The predicted molar refractivity (Wildman–Crippen MR) is 131 cm³/mol. The number of ether oxygens (including phenoxy) is 2. The second-order valence-corrected chi connectivity index (χ2v) is 10.2. The number of carbonyl (C=O) groups is 4. The van der Waals surface area contributed by atoms with Crippen molar-refractivity contribution in [3.8, 4) is 0 Å². The van der Waals surface area contributed by atoms with Crippen LogP contribution in [0.25, 0.3) is 0 Å². The van der Waals surface area contributed by atoms with Crippen molar-refractivity contribution >= 4 is 23.9 Å². The van der Waals surface area contributed by atoms with Crippen LogP contribution in [0.15, 0.2) is 18.2 Å². The summed E-state index contributed by atoms with van der Waals surface area (Å²) in [6, 6.07) is 2.84. The molecule has 0 radical (unpaired) electrons. The third kappa shape index (κ3) is 8.54. The predicted octanol–water partition coefficient (Wildman–Crippen LogP) is 2.15. The molecule has 2 atom stereocenters. The maximum Gasteiger partial charge on any atom is 0.408 e. The zero-order chi connectivity index (χ0) is 27.1. The highest BCUT2D eigenvalue weighted by molar-refractivity contribution is 5.94. The average molecular weight is 494 g/mol. The minimum absolute atomic E-state index is 0.386. The molecule has 0 heterocycles. The molecule has 10 heteroatoms. The number of aliphatic hydroxyl groups is 1. The second kappa shape index (κ2) is 12.0. The first kappa shape index (κ1) is 29.9. The smallest absolute Gasteiger partial charge is 0.408 e. The van der Waals surface area contributed by atoms with E-state index in [1.807, 2.05) is 19.9 Å². The number of alkyl carbamates (subject to hydrolysis) is 1. The summed E-state index contributed by atoms with van der Waals surface area (Å²) in [6.07, 6.45) is -0.878. The van der Waals surface area contributed by atoms with E-state index in [2.05, 4.69) is 15.4 Å². The van der Waals surface area contributed by atoms with Gasteiger partial charge in [0.2, 0.25) is 11.8 Å². The molecule has 1 aromatic carbocycles. The van der Waals surface area contributed by atoms with Gasteiger partial charge in [-0.2, -0.15) is 0 Å². The molecule has 0 aliphatic rings. The van der Waals surface area contributed by atoms with Gasteiger partial charge >= 0.3 is 12.1 Å². The number of hydrogen-bond donors (Lipinski definition) is 3. The normalized spacial score (nSPS) is 13.3. The largest absolute Gasteiger partial charge is 0.468 e. The first-order valence-electron chi connectivity index (χ1n) is 11.4. The fourth-order valence-corrected chi connectivity index (χ4v) is 3.44. The topological polar surface area (TPSA) is 134 Å². The van der Waals surface area contributed by atoms with Crippen molar-refractivity contribution in [2.45, 2.75) is 78.6 Å². The van der Waals surface area contributed by atoms with E-state index < -0.39 is 53.7 Å². The highest BCUT2D eigenvalue weighted by Crippen LogP contribution is 2.32. The molecule has 10 nitrogen and oxygen atoms in total. The van der Waals surface area contributed by atoms with Crippen molar-refractivity contribution in [1.82, 2.24) is 15.5 Å². The Morgan fingerprint density at radius 1 is 1.06 bits per heavy atom. The van der Waals surface area contributed by atoms with E-state index in [-0.39, 0.29) is 6.54 Å². The standard InChI is InChI=1S/C25H39N3O7/c1-15-11-10-12-17(16(15)2)20(21(31)26-13-19(30)34-9)28(24(3,4)5)22(32)18(14-29)27-23(33)35-25(6,7)8/h10-12,18,20,29H,13-14H2,1-9H3,(H,26,31)(H,27,33). The van der Waals surface area contributed by atoms with Gasteiger partial charge in [0.15, 0.2) is 0 Å². The highest BCUT2D eigenvalue weighted by Gasteiger charge is 2.42. The zero-order valence-electron chi connectivity index (χ0n) is 22.1. The molecule has 0 saturated heterocycles. The lowest BCUT2D eigenvalue weighted by molar-refractivity contribution is -0.150. The number of aryl methyl sites for hydroxylation is 1. The van der Waals surface area contributed by atoms with Gasteiger partial charge in [-0.15, -0.1) is 0 Å². The van der Waals surface area contributed by atoms with Crippen LogP contribution in [0.1, 0.15) is 64.3 Å². The van der Waals surface area contributed by atoms with Gasteiger partial charge in [0.25, 0.3) is 0 Å². The Morgan fingerprint density at radius 3 is 2.14 bits per heavy atom. The molecule has 2 unspecified atom stereocenters. The third-order valence-corrected chi connectivity index (χ3v) is 5.21. The molecule has 1 aromatic rings. The van der Waals surface area contributed by atoms with Gasteiger partial charge in [0.1, 0.15) is 24.2 Å². The molecule has 0 aromatic heterocycles. The summed E-state index contributed by atoms with van der Waals surface area (Å²) >= 11 is 0. The van der Waals surface area contributed by atoms with Crippen LogP contribution < -0.4 is 10.6 Å². The SMILES string of the molecule is COC(=O)CNC(=O)C(c1cccc(C)c1C)N(C(=O)C(CO)NC(=O)OC(C)(C)C)C(C)(C)C. The molecule has 3 amide bonds. The van der Waals surface area contributed by atoms with Crippen LogP contribution in [0.4, 0.5) is 4.79 Å². The molecular formula is C25H39N3O7. The molecular weight excluding hydrogens is 454 g/mol. The van der Waals surface area contributed by atoms with Crippen molar-refractivity contribution in [1.29, 1.82) is 0 Å². The summed E-state index contributed by atoms with van der Waals surface area (Å²) in [5.74, 6) is -1.95. The van der Waals surface area contributed by atoms with E-state index in [0.29, 0.717) is 5.56 Å². The van der Waals surface area contributed by atoms with Crippen molar-refractivity contribution in [2.75, 3.05) is 20.3 Å². The van der Waals surface area contributed by atoms with E-state index in [0.717, 1.165) is 11.1 Å². The zero-order valence-corrected chi connectivity index (χ0v) is 22.1. The van der Waals surface area contributed by atoms with Crippen LogP contribution in [0.2, 0.25) is 0 Å². The molecule has 0 saturated carbocycles. The van der Waals surface area contributed by atoms with E-state index >= 15 is 0 Å². The van der Waals surface area contributed by atoms with Crippen LogP contribution in [0.5, 0.6) is 0 Å². The lowest BCUT2D eigenvalue weighted by atomic mass is 9.91. The minimum atomic E-state index is -1.37. The number of carbonyl (C=O) groups excluding carboxylic acids is 4. The van der Waals surface area contributed by atoms with Gasteiger partial charge in [-0.3, -0.25) is 14.4 Å². The molecule has 0 fully saturated rings. The molecule has 0 aliphatic carbocycles. The Morgan fingerprint density at radius 2 is 1.66 bits per heavy atom. The quantitative estimate of drug-likeness (QED) is 0.472. The number of rotatable bonds is 8. The summed E-state index contributed by atoms with van der Waals surface area (Å²) in [5.41, 5.74) is 0.494. The van der Waals surface area contributed by atoms with Gasteiger partial charge in [-0.25, -0.2) is 4.79 Å². The molecule has 1 rings (SSSR count). The number of amides is 3. The Bertz CT molecular complexity index is 932. The summed E-state index contributed by atoms with van der Waals surface area (Å²) in [5, 5.41) is 14.9. The number of methoxy groups -OCH3 is 1. The molecule has 0 spiro atoms. The van der Waals surface area contributed by atoms with Crippen LogP contribution >= 0.6 is 0 Å². The van der Waals surface area contributed by atoms with E-state index in [1.165, 1.54) is 12.0 Å². The van der Waals surface area contributed by atoms with Crippen LogP contribution in [0.3, 0.4) is 0 Å². The first-order valence-corrected chi connectivity index (χ1v) is 11.4. The summed E-state index contributed by atoms with van der Waals surface area (Å²) in [7, 11) is 1.20. The first-order chi connectivity index (χ1) is 16.0. The van der Waals surface area contributed by atoms with Crippen LogP contribution in [-0.4, -0.2) is 71.3 Å². The lowest BCUT2D eigenvalue weighted by Gasteiger charge is -2.43. The van der Waals surface area contributed by atoms with Crippen molar-refractivity contribution < 1.29 is 33.8 Å². The van der Waals surface area contributed by atoms with Gasteiger partial charge < -0.3 is 30.1 Å². The molecule has 3 N–H and O–H groups in total. The molecule has 0 bridgehead atoms. The summed E-state index contributed by atoms with van der Waals surface area (Å²) in [4.78, 5) is 52.5. The van der Waals surface area contributed by atoms with E-state index in [9.17, 15) is 24.3 Å². The summed E-state index contributed by atoms with van der Waals surface area (Å²) < 4.78 is 9.84. The van der Waals surface area contributed by atoms with Gasteiger partial charge in [0, 0.05) is 5.54 Å². The highest BCUT2D eigenvalue weighted by atomic mass is 16.6. The van der Waals surface area contributed by atoms with Crippen molar-refractivity contribution in [2.24, 2.45) is 0 Å². The number of nitrogens with one attached hydrogen (secondary N) is 2. The van der Waals surface area contributed by atoms with Crippen molar-refractivity contribution in [3.63, 3.8) is 0 Å². The Labute approximate surface area is 207 Å². The molecule has 0 aliphatic heterocycles. The van der Waals surface area contributed by atoms with E-state index in [1.54, 1.807) is 53.7 Å². The Hall–Kier alpha value is -3.14. The number of esters is 1. The van der Waals surface area contributed by atoms with Crippen LogP contribution in [0, 0.1) is 13.8 Å². The van der Waals surface area contributed by atoms with Gasteiger partial charge in [0.05, 0.1) is 13.7 Å². The second-order valence-electron chi connectivity index (χ2n) is 10.2.